The average Bonchev–Trinajstić information content (AvgIpc) is 2.98. The number of methoxy groups -OCH3 is 2. The van der Waals surface area contributed by atoms with Crippen LogP contribution in [0, 0.1) is 0 Å². The SMILES string of the molecule is COc1ccc(/C=C/C(=O)N2CCCC2)c(OC)c1. The van der Waals surface area contributed by atoms with E-state index in [-0.39, 0.29) is 5.91 Å². The molecule has 0 bridgehead atoms. The van der Waals surface area contributed by atoms with Crippen molar-refractivity contribution < 1.29 is 14.3 Å². The van der Waals surface area contributed by atoms with Crippen molar-refractivity contribution in [3.63, 3.8) is 0 Å². The molecule has 4 heteroatoms. The van der Waals surface area contributed by atoms with Crippen LogP contribution in [0.25, 0.3) is 6.08 Å². The number of carbonyl (C=O) groups is 1. The largest absolute Gasteiger partial charge is 0.497 e. The van der Waals surface area contributed by atoms with Gasteiger partial charge in [-0.3, -0.25) is 4.79 Å². The molecule has 0 atom stereocenters. The molecule has 0 aromatic heterocycles. The molecular formula is C15H19NO3. The van der Waals surface area contributed by atoms with Crippen molar-refractivity contribution in [2.24, 2.45) is 0 Å². The van der Waals surface area contributed by atoms with Gasteiger partial charge in [0.2, 0.25) is 5.91 Å². The average molecular weight is 261 g/mol. The Morgan fingerprint density at radius 1 is 1.21 bits per heavy atom. The first-order chi connectivity index (χ1) is 9.24. The first kappa shape index (κ1) is 13.5. The Kier molecular flexibility index (Phi) is 4.44. The molecule has 1 fully saturated rings. The fraction of sp³-hybridized carbons (Fsp3) is 0.400. The zero-order valence-corrected chi connectivity index (χ0v) is 11.4. The maximum atomic E-state index is 11.9. The first-order valence-corrected chi connectivity index (χ1v) is 6.43. The van der Waals surface area contributed by atoms with E-state index in [1.807, 2.05) is 17.0 Å². The molecule has 1 aromatic rings. The summed E-state index contributed by atoms with van der Waals surface area (Å²) in [6.45, 7) is 1.73. The normalized spacial score (nSPS) is 14.9. The number of likely N-dealkylation sites (tertiary alicyclic amines) is 1. The van der Waals surface area contributed by atoms with Crippen LogP contribution in [0.3, 0.4) is 0 Å². The number of benzene rings is 1. The van der Waals surface area contributed by atoms with E-state index in [0.29, 0.717) is 5.75 Å². The highest BCUT2D eigenvalue weighted by atomic mass is 16.5. The standard InChI is InChI=1S/C15H19NO3/c1-18-13-7-5-12(14(11-13)19-2)6-8-15(17)16-9-3-4-10-16/h5-8,11H,3-4,9-10H2,1-2H3/b8-6+. The molecule has 1 heterocycles. The van der Waals surface area contributed by atoms with Crippen LogP contribution in [-0.2, 0) is 4.79 Å². The van der Waals surface area contributed by atoms with E-state index in [1.165, 1.54) is 0 Å². The summed E-state index contributed by atoms with van der Waals surface area (Å²) in [6.07, 6.45) is 5.60. The maximum Gasteiger partial charge on any atom is 0.246 e. The van der Waals surface area contributed by atoms with Crippen molar-refractivity contribution in [1.82, 2.24) is 4.90 Å². The molecule has 0 spiro atoms. The summed E-state index contributed by atoms with van der Waals surface area (Å²) in [5.74, 6) is 1.50. The zero-order chi connectivity index (χ0) is 13.7. The third kappa shape index (κ3) is 3.28. The van der Waals surface area contributed by atoms with Crippen LogP contribution < -0.4 is 9.47 Å². The van der Waals surface area contributed by atoms with E-state index in [0.717, 1.165) is 37.2 Å². The fourth-order valence-corrected chi connectivity index (χ4v) is 2.16. The number of carbonyl (C=O) groups excluding carboxylic acids is 1. The van der Waals surface area contributed by atoms with Gasteiger partial charge in [-0.15, -0.1) is 0 Å². The van der Waals surface area contributed by atoms with Crippen molar-refractivity contribution >= 4 is 12.0 Å². The third-order valence-electron chi connectivity index (χ3n) is 3.26. The van der Waals surface area contributed by atoms with Crippen LogP contribution in [0.1, 0.15) is 18.4 Å². The van der Waals surface area contributed by atoms with Crippen LogP contribution in [0.15, 0.2) is 24.3 Å². The number of hydrogen-bond acceptors (Lipinski definition) is 3. The highest BCUT2D eigenvalue weighted by Crippen LogP contribution is 2.25. The minimum atomic E-state index is 0.0652. The van der Waals surface area contributed by atoms with Crippen molar-refractivity contribution in [3.05, 3.63) is 29.8 Å². The van der Waals surface area contributed by atoms with Gasteiger partial charge in [0.1, 0.15) is 11.5 Å². The topological polar surface area (TPSA) is 38.8 Å². The van der Waals surface area contributed by atoms with E-state index in [9.17, 15) is 4.79 Å². The molecular weight excluding hydrogens is 242 g/mol. The Hall–Kier alpha value is -1.97. The van der Waals surface area contributed by atoms with Crippen LogP contribution in [0.5, 0.6) is 11.5 Å². The minimum Gasteiger partial charge on any atom is -0.497 e. The molecule has 1 amide bonds. The lowest BCUT2D eigenvalue weighted by molar-refractivity contribution is -0.124. The molecule has 102 valence electrons. The van der Waals surface area contributed by atoms with E-state index in [1.54, 1.807) is 32.4 Å². The van der Waals surface area contributed by atoms with Gasteiger partial charge < -0.3 is 14.4 Å². The first-order valence-electron chi connectivity index (χ1n) is 6.43. The Labute approximate surface area is 113 Å². The number of rotatable bonds is 4. The zero-order valence-electron chi connectivity index (χ0n) is 11.4. The van der Waals surface area contributed by atoms with Gasteiger partial charge in [0.25, 0.3) is 0 Å². The third-order valence-corrected chi connectivity index (χ3v) is 3.26. The number of nitrogens with zero attached hydrogens (tertiary/aromatic N) is 1. The van der Waals surface area contributed by atoms with E-state index in [2.05, 4.69) is 0 Å². The smallest absolute Gasteiger partial charge is 0.246 e. The van der Waals surface area contributed by atoms with E-state index < -0.39 is 0 Å². The van der Waals surface area contributed by atoms with Crippen molar-refractivity contribution in [3.8, 4) is 11.5 Å². The van der Waals surface area contributed by atoms with Crippen LogP contribution in [0.2, 0.25) is 0 Å². The summed E-state index contributed by atoms with van der Waals surface area (Å²) in [7, 11) is 3.22. The van der Waals surface area contributed by atoms with Gasteiger partial charge >= 0.3 is 0 Å². The molecule has 4 nitrogen and oxygen atoms in total. The van der Waals surface area contributed by atoms with Gasteiger partial charge in [0.15, 0.2) is 0 Å². The van der Waals surface area contributed by atoms with Crippen molar-refractivity contribution in [2.45, 2.75) is 12.8 Å². The summed E-state index contributed by atoms with van der Waals surface area (Å²) in [5, 5.41) is 0. The second-order valence-corrected chi connectivity index (χ2v) is 4.47. The summed E-state index contributed by atoms with van der Waals surface area (Å²) in [5.41, 5.74) is 0.871. The molecule has 1 aliphatic heterocycles. The second-order valence-electron chi connectivity index (χ2n) is 4.47. The second kappa shape index (κ2) is 6.27. The Bertz CT molecular complexity index is 476. The lowest BCUT2D eigenvalue weighted by Gasteiger charge is -2.12. The molecule has 1 aliphatic rings. The molecule has 0 radical (unpaired) electrons. The molecule has 0 aliphatic carbocycles. The Morgan fingerprint density at radius 2 is 1.95 bits per heavy atom. The molecule has 1 aromatic carbocycles. The molecule has 0 unspecified atom stereocenters. The predicted molar refractivity (Wildman–Crippen MR) is 74.4 cm³/mol. The van der Waals surface area contributed by atoms with Crippen LogP contribution in [0.4, 0.5) is 0 Å². The lowest BCUT2D eigenvalue weighted by Crippen LogP contribution is -2.25. The van der Waals surface area contributed by atoms with Crippen molar-refractivity contribution in [1.29, 1.82) is 0 Å². The fourth-order valence-electron chi connectivity index (χ4n) is 2.16. The summed E-state index contributed by atoms with van der Waals surface area (Å²) >= 11 is 0. The van der Waals surface area contributed by atoms with E-state index >= 15 is 0 Å². The minimum absolute atomic E-state index is 0.0652. The molecule has 0 N–H and O–H groups in total. The summed E-state index contributed by atoms with van der Waals surface area (Å²) < 4.78 is 10.4. The Morgan fingerprint density at radius 3 is 2.58 bits per heavy atom. The quantitative estimate of drug-likeness (QED) is 0.781. The monoisotopic (exact) mass is 261 g/mol. The molecule has 1 saturated heterocycles. The van der Waals surface area contributed by atoms with Crippen LogP contribution >= 0.6 is 0 Å². The number of hydrogen-bond donors (Lipinski definition) is 0. The summed E-state index contributed by atoms with van der Waals surface area (Å²) in [4.78, 5) is 13.8. The number of ether oxygens (including phenoxy) is 2. The van der Waals surface area contributed by atoms with Gasteiger partial charge in [0.05, 0.1) is 14.2 Å². The van der Waals surface area contributed by atoms with E-state index in [4.69, 9.17) is 9.47 Å². The molecule has 2 rings (SSSR count). The van der Waals surface area contributed by atoms with Gasteiger partial charge in [0, 0.05) is 30.8 Å². The summed E-state index contributed by atoms with van der Waals surface area (Å²) in [6, 6.07) is 5.54. The van der Waals surface area contributed by atoms with Gasteiger partial charge in [-0.05, 0) is 31.1 Å². The number of amides is 1. The van der Waals surface area contributed by atoms with Crippen LogP contribution in [-0.4, -0.2) is 38.1 Å². The molecule has 0 saturated carbocycles. The lowest BCUT2D eigenvalue weighted by atomic mass is 10.1. The van der Waals surface area contributed by atoms with Gasteiger partial charge in [-0.2, -0.15) is 0 Å². The molecule has 19 heavy (non-hydrogen) atoms. The van der Waals surface area contributed by atoms with Gasteiger partial charge in [-0.25, -0.2) is 0 Å². The van der Waals surface area contributed by atoms with Gasteiger partial charge in [-0.1, -0.05) is 0 Å². The highest BCUT2D eigenvalue weighted by molar-refractivity contribution is 5.92. The Balaban J connectivity index is 2.11. The van der Waals surface area contributed by atoms with Crippen molar-refractivity contribution in [2.75, 3.05) is 27.3 Å². The predicted octanol–water partition coefficient (Wildman–Crippen LogP) is 2.34. The highest BCUT2D eigenvalue weighted by Gasteiger charge is 2.15. The maximum absolute atomic E-state index is 11.9.